The molecule has 0 fully saturated rings. The largest absolute Gasteiger partial charge is 1.00 e. The Morgan fingerprint density at radius 1 is 0.534 bits per heavy atom. The fourth-order valence-corrected chi connectivity index (χ4v) is 16.6. The maximum absolute atomic E-state index is 12.2. The molecule has 13 aromatic rings. The number of isothiocyanates is 1. The Balaban J connectivity index is 0.00000161. The van der Waals surface area contributed by atoms with Crippen LogP contribution in [0.2, 0.25) is 0 Å². The van der Waals surface area contributed by atoms with Gasteiger partial charge < -0.3 is 116 Å². The van der Waals surface area contributed by atoms with Crippen molar-refractivity contribution in [1.29, 1.82) is 0 Å². The van der Waals surface area contributed by atoms with Crippen molar-refractivity contribution in [3.63, 3.8) is 0 Å². The molecule has 3 aromatic heterocycles. The van der Waals surface area contributed by atoms with Crippen LogP contribution >= 0.6 is 157 Å². The number of anilines is 11. The van der Waals surface area contributed by atoms with Crippen LogP contribution in [0.1, 0.15) is 43.8 Å². The molecule has 0 saturated carbocycles. The molecule has 10 aromatic carbocycles. The average molecular weight is 2440 g/mol. The van der Waals surface area contributed by atoms with E-state index in [9.17, 15) is 9.59 Å². The number of thiocarbonyl (C=S) groups is 3. The third kappa shape index (κ3) is 46.2. The van der Waals surface area contributed by atoms with Crippen LogP contribution < -0.4 is 196 Å². The van der Waals surface area contributed by atoms with E-state index >= 15 is 0 Å². The molecule has 4 heterocycles. The van der Waals surface area contributed by atoms with Gasteiger partial charge in [-0.05, 0) is 84.3 Å². The van der Waals surface area contributed by atoms with Gasteiger partial charge in [0.15, 0.2) is 10.9 Å². The predicted octanol–water partition coefficient (Wildman–Crippen LogP) is 13.8. The molecule has 1 radical (unpaired) electrons. The molecular weight excluding hydrogens is 2310 g/mol. The number of ketones is 1. The number of thiol groups is 2. The summed E-state index contributed by atoms with van der Waals surface area (Å²) in [6, 6.07) is 56.1. The molecule has 775 valence electrons. The molecule has 1 aliphatic rings. The second-order valence-electron chi connectivity index (χ2n) is 31.4. The smallest absolute Gasteiger partial charge is 0.870 e. The van der Waals surface area contributed by atoms with Gasteiger partial charge in [-0.15, -0.1) is 24.0 Å². The number of aromatic nitrogens is 3. The number of halogens is 3. The van der Waals surface area contributed by atoms with Gasteiger partial charge in [-0.3, -0.25) is 9.59 Å². The number of nitrogens with one attached hydrogen (secondary N) is 2. The van der Waals surface area contributed by atoms with Crippen molar-refractivity contribution in [2.24, 2.45) is 10.0 Å². The van der Waals surface area contributed by atoms with E-state index in [-0.39, 0.29) is 98.6 Å². The number of ether oxygens (including phenoxy) is 8. The summed E-state index contributed by atoms with van der Waals surface area (Å²) in [6.45, 7) is 0. The van der Waals surface area contributed by atoms with E-state index in [4.69, 9.17) is 102 Å². The second-order valence-corrected chi connectivity index (χ2v) is 37.9. The minimum absolute atomic E-state index is 0. The molecule has 11 N–H and O–H groups in total. The first-order valence-corrected chi connectivity index (χ1v) is 55.2. The fourth-order valence-electron chi connectivity index (χ4n) is 12.4. The van der Waals surface area contributed by atoms with Gasteiger partial charge in [0.05, 0.1) is 97.9 Å². The number of Topliss-reactive ketones (excluding diaryl/α,β-unsaturated/α-hetero) is 1. The van der Waals surface area contributed by atoms with E-state index in [1.165, 1.54) is 37.7 Å². The zero-order valence-corrected chi connectivity index (χ0v) is 106. The molecule has 146 heavy (non-hydrogen) atoms. The Morgan fingerprint density at radius 3 is 1.32 bits per heavy atom. The molecule has 0 unspecified atom stereocenters. The Bertz CT molecular complexity index is 6390. The molecule has 0 atom stereocenters. The number of hydrogen-bond acceptors (Lipinski definition) is 36. The number of thioether (sulfide) groups is 1. The number of benzene rings is 10. The van der Waals surface area contributed by atoms with E-state index in [2.05, 4.69) is 163 Å². The zero-order valence-electron chi connectivity index (χ0n) is 87.9. The summed E-state index contributed by atoms with van der Waals surface area (Å²) >= 11 is 37.4. The number of nitrogen functional groups attached to an aromatic ring is 3. The van der Waals surface area contributed by atoms with Crippen molar-refractivity contribution in [1.82, 2.24) is 20.3 Å². The first-order valence-electron chi connectivity index (χ1n) is 43.1. The second kappa shape index (κ2) is 73.8. The van der Waals surface area contributed by atoms with Crippen molar-refractivity contribution < 1.29 is 139 Å². The number of nitrogens with zero attached hydrogens (tertiary/aromatic N) is 13. The minimum Gasteiger partial charge on any atom is -0.870 e. The number of nitrogens with two attached hydrogens (primary N) is 4. The van der Waals surface area contributed by atoms with Crippen LogP contribution in [-0.4, -0.2) is 238 Å². The van der Waals surface area contributed by atoms with Gasteiger partial charge >= 0.3 is 106 Å². The Hall–Kier alpha value is -8.34. The third-order valence-electron chi connectivity index (χ3n) is 20.1. The van der Waals surface area contributed by atoms with Gasteiger partial charge in [-0.1, -0.05) is 144 Å². The van der Waals surface area contributed by atoms with Crippen molar-refractivity contribution in [2.75, 3.05) is 240 Å². The zero-order chi connectivity index (χ0) is 107. The van der Waals surface area contributed by atoms with E-state index < -0.39 is 5.24 Å². The van der Waals surface area contributed by atoms with Gasteiger partial charge in [0.2, 0.25) is 0 Å². The predicted molar refractivity (Wildman–Crippen MR) is 647 cm³/mol. The van der Waals surface area contributed by atoms with Crippen LogP contribution in [0.4, 0.5) is 62.0 Å². The average Bonchev–Trinajstić information content (AvgIpc) is 1.76. The fraction of sp³-hybridized carbons (Fsp3) is 0.297. The Labute approximate surface area is 998 Å². The number of hydrogen-bond donors (Lipinski definition) is 8. The Morgan fingerprint density at radius 2 is 0.904 bits per heavy atom. The number of carbonyl (C=O) groups is 2. The standard InChI is InChI=1S/C19H21NO2S.C13H18N2OS.C12H15N3OS.C11H16N2OS.C10H13N3OS.C10H12N2OS.C9H14N2OS.C9H14N2O.C7H5ClO.CNS.BHNS.I2.K.Na.H2O/c1-20(2)16-10-9-15(19(12-16)22-3)11-17(23)13-18(21)14-7-5-4-6-8-14;1-14-13-6-5-10-11(16-4)7-9(15(2)3)8-12(10)17-13;1-13-11-7-14-12-9(16-4)5-8(15(2)3)6-10(12)17-11;1-13(2)9-5-4-8(6-11(12)15)10(7-9)14-3;1-13(2)6-4-7(14-3)9-8(5-6)15-10(11)12-9;1-12(2)7-4-8(13-3)10-9(5-7)14-6-11-10;1-11(2)6-4-7(12-3)9(10)8(13)5-6;1-11(2)7-4-5-8(10)9(6-7)12-3;8-7(9)6-4-2-1-3-5-6;2-1-3;1-2-3;1-2;;;/h4-10,12H,11,13H2,1-3H3;6-8,14H,5H2,1-4H3;5-7H,1-4H3;4-5,7H,6H2,1-3H3,(H2,12,15);4-5H,1-3H3,(H2,11,12);4-6H,1-3H3;4-5,13H,10H2,1-3H3;4-6H,10H2,1-3H3;1-5H;;3H;;;;1H2/q;;;;;;;;;-1;;;2*+1;. The molecule has 1 aliphatic heterocycles. The van der Waals surface area contributed by atoms with Crippen LogP contribution in [0.15, 0.2) is 213 Å². The molecule has 0 amide bonds. The molecule has 14 rings (SSSR count). The van der Waals surface area contributed by atoms with Crippen molar-refractivity contribution in [3.05, 3.63) is 237 Å². The number of thiazole rings is 2. The van der Waals surface area contributed by atoms with Crippen molar-refractivity contribution in [3.8, 4) is 46.0 Å². The molecule has 0 bridgehead atoms. The quantitative estimate of drug-likeness (QED) is 0.00385. The minimum atomic E-state index is -0.407. The topological polar surface area (TPSA) is 367 Å². The van der Waals surface area contributed by atoms with Crippen molar-refractivity contribution in [2.45, 2.75) is 35.5 Å². The third-order valence-corrected chi connectivity index (χ3v) is 24.9. The monoisotopic (exact) mass is 2440 g/mol. The summed E-state index contributed by atoms with van der Waals surface area (Å²) in [4.78, 5) is 58.1. The number of fused-ring (bicyclic) bond motifs is 4. The van der Waals surface area contributed by atoms with Crippen molar-refractivity contribution >= 4 is 283 Å². The first-order chi connectivity index (χ1) is 68.0. The number of allylic oxidation sites excluding steroid dienone is 1. The van der Waals surface area contributed by atoms with Crippen LogP contribution in [0, 0.1) is 0 Å². The summed E-state index contributed by atoms with van der Waals surface area (Å²) in [6.07, 6.45) is 6.36. The van der Waals surface area contributed by atoms with Gasteiger partial charge in [0.25, 0.3) is 9.91 Å². The van der Waals surface area contributed by atoms with Crippen LogP contribution in [0.5, 0.6) is 46.0 Å². The maximum atomic E-state index is 12.2. The molecule has 0 aliphatic carbocycles. The molecule has 30 nitrogen and oxygen atoms in total. The number of methoxy groups -OCH3 is 8. The van der Waals surface area contributed by atoms with E-state index in [0.717, 1.165) is 143 Å². The summed E-state index contributed by atoms with van der Waals surface area (Å²) in [5.74, 6) is 6.46. The molecule has 0 spiro atoms. The van der Waals surface area contributed by atoms with Crippen LogP contribution in [-0.2, 0) is 19.3 Å². The van der Waals surface area contributed by atoms with E-state index in [1.807, 2.05) is 284 Å². The Kier molecular flexibility index (Phi) is 69.5. The van der Waals surface area contributed by atoms with Gasteiger partial charge in [0, 0.05) is 307 Å². The number of carbonyl (C=O) groups excluding carboxylic acids is 2. The maximum Gasteiger partial charge on any atom is 1.00 e. The number of rotatable bonds is 25. The van der Waals surface area contributed by atoms with Gasteiger partial charge in [-0.25, -0.2) is 19.9 Å². The molecule has 0 saturated heterocycles. The van der Waals surface area contributed by atoms with Crippen LogP contribution in [0.25, 0.3) is 36.1 Å². The summed E-state index contributed by atoms with van der Waals surface area (Å²) in [5, 5.41) is 13.0. The van der Waals surface area contributed by atoms with Gasteiger partial charge in [0.1, 0.15) is 75.8 Å². The molecular formula is C101H131BClI2KN19NaO11S9+. The normalized spacial score (nSPS) is 10.1. The summed E-state index contributed by atoms with van der Waals surface area (Å²) in [5.41, 5.74) is 41.7. The SMILES string of the molecule is CNC1=CCc2c(OC)cc(N(C)C)cc2S1.COc1cc(N(C)C)cc(S)c1N.COc1cc(N(C)C)cc2sc(N)nc12.COc1cc(N(C)C)cc2scnc12.COc1cc(N(C)C)ccc1CC(=S)CC(=O)c1ccccc1.COc1cc(N(C)C)ccc1CC(N)=S.COc1cc(N(C)C)ccc1N.C[NH+]=c1cnc2c(OC)cc(N(C)C)cc2s1.II.O=C(Cl)c1ccccc1.[B]=NS.[K+].[N-]=C=S.[Na+].[OH-]. The van der Waals surface area contributed by atoms with Gasteiger partial charge in [-0.2, -0.15) is 5.16 Å². The van der Waals surface area contributed by atoms with Crippen LogP contribution in [0.3, 0.4) is 0 Å². The summed E-state index contributed by atoms with van der Waals surface area (Å²) < 4.78 is 49.5. The molecule has 45 heteroatoms. The first kappa shape index (κ1) is 138. The summed E-state index contributed by atoms with van der Waals surface area (Å²) in [7, 11) is 53.4. The van der Waals surface area contributed by atoms with E-state index in [0.29, 0.717) is 51.2 Å². The van der Waals surface area contributed by atoms with E-state index in [1.54, 1.807) is 116 Å².